The standard InChI is InChI=1S/C17H18N2O4S/c1-3-23-14-11-12(6-8-13(14)22-2)7-9-16(20)18-19-17(21)15-5-4-10-24-15/h4-11H,3H2,1-2H3,(H,18,20)(H,19,21)/b9-7+. The molecule has 0 atom stereocenters. The van der Waals surface area contributed by atoms with Crippen LogP contribution in [0.1, 0.15) is 22.2 Å². The zero-order chi connectivity index (χ0) is 17.4. The largest absolute Gasteiger partial charge is 0.493 e. The Morgan fingerprint density at radius 3 is 2.71 bits per heavy atom. The maximum absolute atomic E-state index is 11.8. The molecule has 0 aliphatic carbocycles. The summed E-state index contributed by atoms with van der Waals surface area (Å²) < 4.78 is 10.7. The van der Waals surface area contributed by atoms with E-state index in [-0.39, 0.29) is 5.91 Å². The maximum atomic E-state index is 11.8. The number of thiophene rings is 1. The van der Waals surface area contributed by atoms with Gasteiger partial charge in [-0.2, -0.15) is 0 Å². The van der Waals surface area contributed by atoms with Gasteiger partial charge < -0.3 is 9.47 Å². The molecule has 1 aromatic heterocycles. The molecule has 1 aromatic carbocycles. The molecule has 0 aliphatic rings. The van der Waals surface area contributed by atoms with Crippen molar-refractivity contribution in [2.24, 2.45) is 0 Å². The van der Waals surface area contributed by atoms with Crippen molar-refractivity contribution in [2.45, 2.75) is 6.92 Å². The van der Waals surface area contributed by atoms with E-state index in [4.69, 9.17) is 9.47 Å². The lowest BCUT2D eigenvalue weighted by atomic mass is 10.2. The summed E-state index contributed by atoms with van der Waals surface area (Å²) in [6, 6.07) is 8.78. The van der Waals surface area contributed by atoms with Crippen molar-refractivity contribution in [3.63, 3.8) is 0 Å². The highest BCUT2D eigenvalue weighted by Gasteiger charge is 2.07. The van der Waals surface area contributed by atoms with E-state index >= 15 is 0 Å². The van der Waals surface area contributed by atoms with Crippen molar-refractivity contribution in [1.82, 2.24) is 10.9 Å². The topological polar surface area (TPSA) is 76.7 Å². The zero-order valence-corrected chi connectivity index (χ0v) is 14.2. The molecule has 0 fully saturated rings. The molecule has 126 valence electrons. The number of ether oxygens (including phenoxy) is 2. The minimum atomic E-state index is -0.436. The molecule has 24 heavy (non-hydrogen) atoms. The van der Waals surface area contributed by atoms with E-state index in [9.17, 15) is 9.59 Å². The van der Waals surface area contributed by atoms with Crippen LogP contribution in [0.3, 0.4) is 0 Å². The molecule has 2 N–H and O–H groups in total. The zero-order valence-electron chi connectivity index (χ0n) is 13.4. The van der Waals surface area contributed by atoms with Gasteiger partial charge in [-0.05, 0) is 42.1 Å². The summed E-state index contributed by atoms with van der Waals surface area (Å²) in [6.45, 7) is 2.39. The normalized spacial score (nSPS) is 10.4. The predicted molar refractivity (Wildman–Crippen MR) is 93.1 cm³/mol. The summed E-state index contributed by atoms with van der Waals surface area (Å²) in [5.74, 6) is 0.443. The van der Waals surface area contributed by atoms with Gasteiger partial charge in [0.25, 0.3) is 11.8 Å². The number of benzene rings is 1. The fourth-order valence-electron chi connectivity index (χ4n) is 1.87. The van der Waals surface area contributed by atoms with Crippen LogP contribution >= 0.6 is 11.3 Å². The SMILES string of the molecule is CCOc1cc(/C=C/C(=O)NNC(=O)c2cccs2)ccc1OC. The molecule has 0 unspecified atom stereocenters. The van der Waals surface area contributed by atoms with Crippen molar-refractivity contribution < 1.29 is 19.1 Å². The fourth-order valence-corrected chi connectivity index (χ4v) is 2.49. The first-order valence-electron chi connectivity index (χ1n) is 7.26. The number of methoxy groups -OCH3 is 1. The van der Waals surface area contributed by atoms with E-state index < -0.39 is 5.91 Å². The van der Waals surface area contributed by atoms with Gasteiger partial charge in [0, 0.05) is 6.08 Å². The highest BCUT2D eigenvalue weighted by Crippen LogP contribution is 2.28. The Labute approximate surface area is 144 Å². The Balaban J connectivity index is 1.93. The molecule has 0 bridgehead atoms. The van der Waals surface area contributed by atoms with Crippen molar-refractivity contribution in [3.05, 3.63) is 52.2 Å². The summed E-state index contributed by atoms with van der Waals surface area (Å²) in [5.41, 5.74) is 5.45. The molecule has 0 aliphatic heterocycles. The maximum Gasteiger partial charge on any atom is 0.279 e. The summed E-state index contributed by atoms with van der Waals surface area (Å²) >= 11 is 1.30. The van der Waals surface area contributed by atoms with E-state index in [2.05, 4.69) is 10.9 Å². The van der Waals surface area contributed by atoms with E-state index in [1.165, 1.54) is 17.4 Å². The highest BCUT2D eigenvalue weighted by molar-refractivity contribution is 7.12. The van der Waals surface area contributed by atoms with Crippen LogP contribution in [-0.2, 0) is 4.79 Å². The van der Waals surface area contributed by atoms with Crippen LogP contribution < -0.4 is 20.3 Å². The molecule has 0 radical (unpaired) electrons. The Bertz CT molecular complexity index is 726. The number of rotatable bonds is 6. The number of hydrazine groups is 1. The van der Waals surface area contributed by atoms with Gasteiger partial charge in [-0.1, -0.05) is 12.1 Å². The first-order chi connectivity index (χ1) is 11.6. The van der Waals surface area contributed by atoms with Gasteiger partial charge in [-0.3, -0.25) is 20.4 Å². The first kappa shape index (κ1) is 17.6. The smallest absolute Gasteiger partial charge is 0.279 e. The van der Waals surface area contributed by atoms with Crippen LogP contribution in [-0.4, -0.2) is 25.5 Å². The summed E-state index contributed by atoms with van der Waals surface area (Å²) in [4.78, 5) is 24.0. The molecule has 2 aromatic rings. The van der Waals surface area contributed by atoms with Crippen LogP contribution in [0.15, 0.2) is 41.8 Å². The van der Waals surface area contributed by atoms with E-state index in [1.807, 2.05) is 6.92 Å². The average Bonchev–Trinajstić information content (AvgIpc) is 3.13. The Hall–Kier alpha value is -2.80. The highest BCUT2D eigenvalue weighted by atomic mass is 32.1. The van der Waals surface area contributed by atoms with Crippen LogP contribution in [0, 0.1) is 0 Å². The molecular weight excluding hydrogens is 328 g/mol. The molecule has 7 heteroatoms. The molecular formula is C17H18N2O4S. The first-order valence-corrected chi connectivity index (χ1v) is 8.14. The Kier molecular flexibility index (Phi) is 6.39. The summed E-state index contributed by atoms with van der Waals surface area (Å²) in [7, 11) is 1.57. The van der Waals surface area contributed by atoms with Gasteiger partial charge in [0.05, 0.1) is 18.6 Å². The summed E-state index contributed by atoms with van der Waals surface area (Å²) in [6.07, 6.45) is 2.95. The van der Waals surface area contributed by atoms with Gasteiger partial charge in [-0.15, -0.1) is 11.3 Å². The average molecular weight is 346 g/mol. The molecule has 2 amide bonds. The second-order valence-electron chi connectivity index (χ2n) is 4.60. The van der Waals surface area contributed by atoms with Gasteiger partial charge in [-0.25, -0.2) is 0 Å². The minimum Gasteiger partial charge on any atom is -0.493 e. The second-order valence-corrected chi connectivity index (χ2v) is 5.55. The molecule has 2 rings (SSSR count). The Morgan fingerprint density at radius 1 is 1.21 bits per heavy atom. The van der Waals surface area contributed by atoms with Crippen LogP contribution in [0.25, 0.3) is 6.08 Å². The number of nitrogens with one attached hydrogen (secondary N) is 2. The van der Waals surface area contributed by atoms with Gasteiger partial charge in [0.2, 0.25) is 0 Å². The quantitative estimate of drug-likeness (QED) is 0.623. The third kappa shape index (κ3) is 4.85. The number of hydrogen-bond donors (Lipinski definition) is 2. The molecule has 0 saturated carbocycles. The number of carbonyl (C=O) groups excluding carboxylic acids is 2. The van der Waals surface area contributed by atoms with Crippen LogP contribution in [0.4, 0.5) is 0 Å². The van der Waals surface area contributed by atoms with E-state index in [0.717, 1.165) is 5.56 Å². The lowest BCUT2D eigenvalue weighted by molar-refractivity contribution is -0.117. The lowest BCUT2D eigenvalue weighted by Gasteiger charge is -2.09. The van der Waals surface area contributed by atoms with E-state index in [0.29, 0.717) is 23.0 Å². The van der Waals surface area contributed by atoms with E-state index in [1.54, 1.807) is 48.9 Å². The van der Waals surface area contributed by atoms with Gasteiger partial charge in [0.15, 0.2) is 11.5 Å². The van der Waals surface area contributed by atoms with Crippen LogP contribution in [0.2, 0.25) is 0 Å². The molecule has 0 spiro atoms. The van der Waals surface area contributed by atoms with Crippen molar-refractivity contribution in [3.8, 4) is 11.5 Å². The van der Waals surface area contributed by atoms with Gasteiger partial charge in [0.1, 0.15) is 0 Å². The predicted octanol–water partition coefficient (Wildman–Crippen LogP) is 2.63. The molecule has 1 heterocycles. The van der Waals surface area contributed by atoms with Gasteiger partial charge >= 0.3 is 0 Å². The third-order valence-electron chi connectivity index (χ3n) is 2.96. The molecule has 6 nitrogen and oxygen atoms in total. The monoisotopic (exact) mass is 346 g/mol. The van der Waals surface area contributed by atoms with Crippen molar-refractivity contribution >= 4 is 29.2 Å². The van der Waals surface area contributed by atoms with Crippen molar-refractivity contribution in [1.29, 1.82) is 0 Å². The Morgan fingerprint density at radius 2 is 2.04 bits per heavy atom. The molecule has 0 saturated heterocycles. The number of hydrogen-bond acceptors (Lipinski definition) is 5. The number of carbonyl (C=O) groups is 2. The van der Waals surface area contributed by atoms with Crippen molar-refractivity contribution in [2.75, 3.05) is 13.7 Å². The third-order valence-corrected chi connectivity index (χ3v) is 3.83. The lowest BCUT2D eigenvalue weighted by Crippen LogP contribution is -2.40. The number of amides is 2. The fraction of sp³-hybridized carbons (Fsp3) is 0.176. The van der Waals surface area contributed by atoms with Crippen LogP contribution in [0.5, 0.6) is 11.5 Å². The second kappa shape index (κ2) is 8.73. The summed E-state index contributed by atoms with van der Waals surface area (Å²) in [5, 5.41) is 1.79. The minimum absolute atomic E-state index is 0.352.